The lowest BCUT2D eigenvalue weighted by atomic mass is 10.0. The molecule has 0 spiro atoms. The SMILES string of the molecule is CNCCC#Cc1cc(C)ccc1C(=O)OC. The molecule has 0 fully saturated rings. The highest BCUT2D eigenvalue weighted by atomic mass is 16.5. The molecular formula is C14H17NO2. The standard InChI is InChI=1S/C14H17NO2/c1-11-7-8-13(14(16)17-3)12(10-11)6-4-5-9-15-2/h7-8,10,15H,5,9H2,1-3H3. The minimum Gasteiger partial charge on any atom is -0.465 e. The van der Waals surface area contributed by atoms with Crippen LogP contribution in [0.3, 0.4) is 0 Å². The minimum atomic E-state index is -0.345. The summed E-state index contributed by atoms with van der Waals surface area (Å²) in [6.45, 7) is 2.81. The predicted molar refractivity (Wildman–Crippen MR) is 67.9 cm³/mol. The van der Waals surface area contributed by atoms with Crippen LogP contribution in [0.2, 0.25) is 0 Å². The molecule has 0 atom stereocenters. The second-order valence-corrected chi connectivity index (χ2v) is 3.70. The van der Waals surface area contributed by atoms with Gasteiger partial charge < -0.3 is 10.1 Å². The van der Waals surface area contributed by atoms with Crippen LogP contribution in [0.1, 0.15) is 27.9 Å². The smallest absolute Gasteiger partial charge is 0.339 e. The molecule has 0 amide bonds. The second-order valence-electron chi connectivity index (χ2n) is 3.70. The third kappa shape index (κ3) is 3.93. The summed E-state index contributed by atoms with van der Waals surface area (Å²) in [5.41, 5.74) is 2.33. The lowest BCUT2D eigenvalue weighted by Crippen LogP contribution is -2.06. The molecule has 3 heteroatoms. The number of nitrogens with one attached hydrogen (secondary N) is 1. The van der Waals surface area contributed by atoms with E-state index in [0.29, 0.717) is 5.56 Å². The van der Waals surface area contributed by atoms with E-state index in [-0.39, 0.29) is 5.97 Å². The first-order valence-electron chi connectivity index (χ1n) is 5.51. The van der Waals surface area contributed by atoms with Crippen LogP contribution in [0.4, 0.5) is 0 Å². The van der Waals surface area contributed by atoms with Crippen molar-refractivity contribution < 1.29 is 9.53 Å². The molecular weight excluding hydrogens is 214 g/mol. The number of esters is 1. The molecule has 0 saturated carbocycles. The summed E-state index contributed by atoms with van der Waals surface area (Å²) in [6.07, 6.45) is 0.755. The van der Waals surface area contributed by atoms with Crippen LogP contribution in [0, 0.1) is 18.8 Å². The molecule has 0 bridgehead atoms. The Morgan fingerprint density at radius 3 is 2.88 bits per heavy atom. The number of rotatable bonds is 3. The molecule has 0 aliphatic carbocycles. The summed E-state index contributed by atoms with van der Waals surface area (Å²) in [5.74, 6) is 5.70. The maximum atomic E-state index is 11.5. The quantitative estimate of drug-likeness (QED) is 0.489. The molecule has 0 heterocycles. The highest BCUT2D eigenvalue weighted by Gasteiger charge is 2.09. The third-order valence-electron chi connectivity index (χ3n) is 2.30. The van der Waals surface area contributed by atoms with Gasteiger partial charge in [0.15, 0.2) is 0 Å². The third-order valence-corrected chi connectivity index (χ3v) is 2.30. The Balaban J connectivity index is 2.97. The number of aryl methyl sites for hydroxylation is 1. The lowest BCUT2D eigenvalue weighted by Gasteiger charge is -2.03. The van der Waals surface area contributed by atoms with Crippen molar-refractivity contribution >= 4 is 5.97 Å². The van der Waals surface area contributed by atoms with E-state index in [9.17, 15) is 4.79 Å². The minimum absolute atomic E-state index is 0.345. The molecule has 0 unspecified atom stereocenters. The summed E-state index contributed by atoms with van der Waals surface area (Å²) in [7, 11) is 3.26. The van der Waals surface area contributed by atoms with Gasteiger partial charge in [-0.2, -0.15) is 0 Å². The summed E-state index contributed by atoms with van der Waals surface area (Å²) < 4.78 is 4.73. The van der Waals surface area contributed by atoms with Crippen molar-refractivity contribution in [2.75, 3.05) is 20.7 Å². The summed E-state index contributed by atoms with van der Waals surface area (Å²) >= 11 is 0. The normalized spacial score (nSPS) is 9.35. The lowest BCUT2D eigenvalue weighted by molar-refractivity contribution is 0.0600. The van der Waals surface area contributed by atoms with Gasteiger partial charge in [0.25, 0.3) is 0 Å². The number of benzene rings is 1. The zero-order chi connectivity index (χ0) is 12.7. The molecule has 0 radical (unpaired) electrons. The number of methoxy groups -OCH3 is 1. The molecule has 3 nitrogen and oxygen atoms in total. The van der Waals surface area contributed by atoms with E-state index in [1.165, 1.54) is 7.11 Å². The van der Waals surface area contributed by atoms with Gasteiger partial charge in [-0.15, -0.1) is 0 Å². The van der Waals surface area contributed by atoms with Crippen LogP contribution in [0.15, 0.2) is 18.2 Å². The Morgan fingerprint density at radius 2 is 2.24 bits per heavy atom. The van der Waals surface area contributed by atoms with E-state index in [0.717, 1.165) is 24.1 Å². The van der Waals surface area contributed by atoms with E-state index in [2.05, 4.69) is 17.2 Å². The van der Waals surface area contributed by atoms with Crippen molar-refractivity contribution in [1.82, 2.24) is 5.32 Å². The number of hydrogen-bond acceptors (Lipinski definition) is 3. The first kappa shape index (κ1) is 13.3. The van der Waals surface area contributed by atoms with E-state index >= 15 is 0 Å². The first-order chi connectivity index (χ1) is 8.19. The number of carbonyl (C=O) groups is 1. The molecule has 1 rings (SSSR count). The van der Waals surface area contributed by atoms with Crippen LogP contribution >= 0.6 is 0 Å². The number of carbonyl (C=O) groups excluding carboxylic acids is 1. The topological polar surface area (TPSA) is 38.3 Å². The average Bonchev–Trinajstić information content (AvgIpc) is 2.34. The van der Waals surface area contributed by atoms with E-state index in [1.807, 2.05) is 26.1 Å². The highest BCUT2D eigenvalue weighted by molar-refractivity contribution is 5.92. The van der Waals surface area contributed by atoms with Crippen LogP contribution < -0.4 is 5.32 Å². The maximum absolute atomic E-state index is 11.5. The van der Waals surface area contributed by atoms with Gasteiger partial charge in [0.2, 0.25) is 0 Å². The zero-order valence-electron chi connectivity index (χ0n) is 10.5. The monoisotopic (exact) mass is 231 g/mol. The Kier molecular flexibility index (Phi) is 5.25. The fourth-order valence-corrected chi connectivity index (χ4v) is 1.39. The fraction of sp³-hybridized carbons (Fsp3) is 0.357. The van der Waals surface area contributed by atoms with Crippen molar-refractivity contribution in [2.45, 2.75) is 13.3 Å². The van der Waals surface area contributed by atoms with Gasteiger partial charge in [-0.3, -0.25) is 0 Å². The molecule has 0 aliphatic rings. The van der Waals surface area contributed by atoms with Gasteiger partial charge in [0, 0.05) is 18.5 Å². The maximum Gasteiger partial charge on any atom is 0.339 e. The number of hydrogen-bond donors (Lipinski definition) is 1. The van der Waals surface area contributed by atoms with Crippen molar-refractivity contribution in [3.05, 3.63) is 34.9 Å². The molecule has 1 N–H and O–H groups in total. The van der Waals surface area contributed by atoms with E-state index in [1.54, 1.807) is 6.07 Å². The van der Waals surface area contributed by atoms with Crippen molar-refractivity contribution in [3.63, 3.8) is 0 Å². The van der Waals surface area contributed by atoms with Crippen molar-refractivity contribution in [1.29, 1.82) is 0 Å². The molecule has 0 saturated heterocycles. The fourth-order valence-electron chi connectivity index (χ4n) is 1.39. The van der Waals surface area contributed by atoms with Gasteiger partial charge in [-0.1, -0.05) is 17.9 Å². The first-order valence-corrected chi connectivity index (χ1v) is 5.51. The molecule has 1 aromatic rings. The van der Waals surface area contributed by atoms with Crippen LogP contribution in [-0.4, -0.2) is 26.7 Å². The van der Waals surface area contributed by atoms with Gasteiger partial charge in [-0.05, 0) is 31.7 Å². The molecule has 90 valence electrons. The van der Waals surface area contributed by atoms with Gasteiger partial charge >= 0.3 is 5.97 Å². The molecule has 1 aromatic carbocycles. The van der Waals surface area contributed by atoms with E-state index < -0.39 is 0 Å². The van der Waals surface area contributed by atoms with Crippen molar-refractivity contribution in [3.8, 4) is 11.8 Å². The van der Waals surface area contributed by atoms with Crippen molar-refractivity contribution in [2.24, 2.45) is 0 Å². The molecule has 0 aromatic heterocycles. The van der Waals surface area contributed by atoms with Crippen LogP contribution in [-0.2, 0) is 4.74 Å². The average molecular weight is 231 g/mol. The molecule has 17 heavy (non-hydrogen) atoms. The molecule has 0 aliphatic heterocycles. The zero-order valence-corrected chi connectivity index (χ0v) is 10.5. The highest BCUT2D eigenvalue weighted by Crippen LogP contribution is 2.11. The second kappa shape index (κ2) is 6.72. The Morgan fingerprint density at radius 1 is 1.47 bits per heavy atom. The van der Waals surface area contributed by atoms with E-state index in [4.69, 9.17) is 4.74 Å². The Hall–Kier alpha value is -1.79. The largest absolute Gasteiger partial charge is 0.465 e. The van der Waals surface area contributed by atoms with Gasteiger partial charge in [0.05, 0.1) is 12.7 Å². The Bertz CT molecular complexity index is 455. The number of ether oxygens (including phenoxy) is 1. The van der Waals surface area contributed by atoms with Crippen LogP contribution in [0.5, 0.6) is 0 Å². The van der Waals surface area contributed by atoms with Gasteiger partial charge in [0.1, 0.15) is 0 Å². The summed E-state index contributed by atoms with van der Waals surface area (Å²) in [5, 5.41) is 3.02. The predicted octanol–water partition coefficient (Wildman–Crippen LogP) is 1.74. The Labute approximate surface area is 102 Å². The van der Waals surface area contributed by atoms with Crippen LogP contribution in [0.25, 0.3) is 0 Å². The van der Waals surface area contributed by atoms with Gasteiger partial charge in [-0.25, -0.2) is 4.79 Å². The summed E-state index contributed by atoms with van der Waals surface area (Å²) in [4.78, 5) is 11.5. The summed E-state index contributed by atoms with van der Waals surface area (Å²) in [6, 6.07) is 5.53.